The van der Waals surface area contributed by atoms with Crippen LogP contribution in [-0.2, 0) is 9.53 Å². The third-order valence-corrected chi connectivity index (χ3v) is 8.02. The molecule has 3 fully saturated rings. The Kier molecular flexibility index (Phi) is 3.52. The summed E-state index contributed by atoms with van der Waals surface area (Å²) in [6.07, 6.45) is 12.4. The Morgan fingerprint density at radius 2 is 1.95 bits per heavy atom. The highest BCUT2D eigenvalue weighted by atomic mass is 16.5. The Labute approximate surface area is 134 Å². The van der Waals surface area contributed by atoms with E-state index in [9.17, 15) is 4.79 Å². The Morgan fingerprint density at radius 3 is 2.77 bits per heavy atom. The molecular formula is C20H30O2. The maximum Gasteiger partial charge on any atom is 0.145 e. The lowest BCUT2D eigenvalue weighted by molar-refractivity contribution is -0.105. The van der Waals surface area contributed by atoms with Crippen LogP contribution in [0.1, 0.15) is 58.8 Å². The Balaban J connectivity index is 1.64. The molecule has 0 amide bonds. The molecule has 0 bridgehead atoms. The van der Waals surface area contributed by atoms with E-state index in [4.69, 9.17) is 4.74 Å². The van der Waals surface area contributed by atoms with Crippen LogP contribution in [0.25, 0.3) is 0 Å². The Hall–Kier alpha value is -0.630. The van der Waals surface area contributed by atoms with Crippen molar-refractivity contribution in [2.75, 3.05) is 13.2 Å². The van der Waals surface area contributed by atoms with E-state index in [0.717, 1.165) is 49.2 Å². The number of rotatable bonds is 1. The number of hydrogen-bond acceptors (Lipinski definition) is 2. The number of carbonyl (C=O) groups excluding carboxylic acids is 1. The summed E-state index contributed by atoms with van der Waals surface area (Å²) in [4.78, 5) is 11.3. The summed E-state index contributed by atoms with van der Waals surface area (Å²) in [6, 6.07) is 0. The van der Waals surface area contributed by atoms with Crippen LogP contribution in [0.4, 0.5) is 0 Å². The second-order valence-corrected chi connectivity index (χ2v) is 8.89. The molecule has 22 heavy (non-hydrogen) atoms. The maximum absolute atomic E-state index is 11.3. The molecule has 6 unspecified atom stereocenters. The van der Waals surface area contributed by atoms with Crippen molar-refractivity contribution in [2.45, 2.75) is 58.8 Å². The second kappa shape index (κ2) is 5.19. The molecule has 2 heteroatoms. The number of hydrogen-bond donors (Lipinski definition) is 0. The molecule has 1 aliphatic heterocycles. The van der Waals surface area contributed by atoms with Crippen molar-refractivity contribution >= 4 is 6.29 Å². The quantitative estimate of drug-likeness (QED) is 0.671. The van der Waals surface area contributed by atoms with Crippen LogP contribution in [0.15, 0.2) is 11.6 Å². The molecule has 0 N–H and O–H groups in total. The van der Waals surface area contributed by atoms with Crippen molar-refractivity contribution in [3.63, 3.8) is 0 Å². The summed E-state index contributed by atoms with van der Waals surface area (Å²) in [5.41, 5.74) is 1.84. The molecule has 0 aromatic heterocycles. The fourth-order valence-electron chi connectivity index (χ4n) is 6.75. The second-order valence-electron chi connectivity index (χ2n) is 8.89. The molecule has 122 valence electrons. The van der Waals surface area contributed by atoms with Crippen molar-refractivity contribution in [1.29, 1.82) is 0 Å². The average Bonchev–Trinajstić information content (AvgIpc) is 2.73. The molecule has 0 aromatic carbocycles. The van der Waals surface area contributed by atoms with Crippen molar-refractivity contribution in [2.24, 2.45) is 34.5 Å². The van der Waals surface area contributed by atoms with E-state index >= 15 is 0 Å². The first kappa shape index (κ1) is 14.9. The van der Waals surface area contributed by atoms with Gasteiger partial charge in [0.1, 0.15) is 6.29 Å². The largest absolute Gasteiger partial charge is 0.381 e. The van der Waals surface area contributed by atoms with Gasteiger partial charge >= 0.3 is 0 Å². The number of carbonyl (C=O) groups is 1. The van der Waals surface area contributed by atoms with E-state index < -0.39 is 0 Å². The van der Waals surface area contributed by atoms with Gasteiger partial charge in [0.2, 0.25) is 0 Å². The van der Waals surface area contributed by atoms with Crippen LogP contribution in [0, 0.1) is 34.5 Å². The van der Waals surface area contributed by atoms with Gasteiger partial charge in [-0.05, 0) is 85.0 Å². The first-order chi connectivity index (χ1) is 10.6. The van der Waals surface area contributed by atoms with E-state index in [0.29, 0.717) is 16.7 Å². The lowest BCUT2D eigenvalue weighted by Crippen LogP contribution is -2.50. The van der Waals surface area contributed by atoms with E-state index in [1.165, 1.54) is 38.5 Å². The fraction of sp³-hybridized carbons (Fsp3) is 0.850. The molecule has 1 saturated heterocycles. The average molecular weight is 302 g/mol. The van der Waals surface area contributed by atoms with Crippen LogP contribution in [0.5, 0.6) is 0 Å². The minimum atomic E-state index is 0.293. The molecule has 4 aliphatic rings. The molecule has 0 spiro atoms. The van der Waals surface area contributed by atoms with Gasteiger partial charge < -0.3 is 4.74 Å². The lowest BCUT2D eigenvalue weighted by atomic mass is 9.47. The molecule has 0 aromatic rings. The smallest absolute Gasteiger partial charge is 0.145 e. The summed E-state index contributed by atoms with van der Waals surface area (Å²) in [6.45, 7) is 6.90. The Bertz CT molecular complexity index is 496. The summed E-state index contributed by atoms with van der Waals surface area (Å²) < 4.78 is 5.82. The standard InChI is InChI=1S/C20H30O2/c1-19-7-5-17-16(18(19)11-14(12-19)13-21)4-3-15-6-9-22-10-8-20(15,17)2/h12-13,15-18H,3-11H2,1-2H3. The van der Waals surface area contributed by atoms with Crippen LogP contribution >= 0.6 is 0 Å². The highest BCUT2D eigenvalue weighted by Gasteiger charge is 2.56. The van der Waals surface area contributed by atoms with Gasteiger partial charge in [0, 0.05) is 13.2 Å². The zero-order chi connectivity index (χ0) is 15.4. The lowest BCUT2D eigenvalue weighted by Gasteiger charge is -2.58. The van der Waals surface area contributed by atoms with Gasteiger partial charge in [0.05, 0.1) is 0 Å². The van der Waals surface area contributed by atoms with Gasteiger partial charge in [0.15, 0.2) is 0 Å². The highest BCUT2D eigenvalue weighted by molar-refractivity contribution is 5.74. The van der Waals surface area contributed by atoms with Gasteiger partial charge in [-0.1, -0.05) is 19.9 Å². The first-order valence-electron chi connectivity index (χ1n) is 9.31. The minimum Gasteiger partial charge on any atom is -0.381 e. The highest BCUT2D eigenvalue weighted by Crippen LogP contribution is 2.64. The molecule has 4 rings (SSSR count). The SMILES string of the molecule is CC12C=C(C=O)CC1C1CCC3CCOCCC3(C)C1CC2. The van der Waals surface area contributed by atoms with E-state index in [1.807, 2.05) is 0 Å². The number of aldehydes is 1. The van der Waals surface area contributed by atoms with Crippen molar-refractivity contribution in [1.82, 2.24) is 0 Å². The van der Waals surface area contributed by atoms with Gasteiger partial charge in [-0.2, -0.15) is 0 Å². The van der Waals surface area contributed by atoms with Crippen LogP contribution in [0.2, 0.25) is 0 Å². The maximum atomic E-state index is 11.3. The Morgan fingerprint density at radius 1 is 1.09 bits per heavy atom. The molecule has 1 heterocycles. The van der Waals surface area contributed by atoms with Gasteiger partial charge in [-0.25, -0.2) is 0 Å². The minimum absolute atomic E-state index is 0.293. The predicted octanol–water partition coefficient (Wildman–Crippen LogP) is 4.39. The van der Waals surface area contributed by atoms with E-state index in [2.05, 4.69) is 19.9 Å². The van der Waals surface area contributed by atoms with Gasteiger partial charge in [-0.3, -0.25) is 4.79 Å². The number of fused-ring (bicyclic) bond motifs is 5. The van der Waals surface area contributed by atoms with Crippen LogP contribution in [0.3, 0.4) is 0 Å². The normalized spacial score (nSPS) is 51.1. The summed E-state index contributed by atoms with van der Waals surface area (Å²) in [5, 5.41) is 0. The zero-order valence-corrected chi connectivity index (χ0v) is 14.1. The van der Waals surface area contributed by atoms with Crippen LogP contribution < -0.4 is 0 Å². The predicted molar refractivity (Wildman–Crippen MR) is 87.5 cm³/mol. The summed E-state index contributed by atoms with van der Waals surface area (Å²) in [7, 11) is 0. The third-order valence-electron chi connectivity index (χ3n) is 8.02. The molecule has 2 nitrogen and oxygen atoms in total. The number of ether oxygens (including phenoxy) is 1. The topological polar surface area (TPSA) is 26.3 Å². The monoisotopic (exact) mass is 302 g/mol. The first-order valence-corrected chi connectivity index (χ1v) is 9.31. The fourth-order valence-corrected chi connectivity index (χ4v) is 6.75. The molecule has 0 radical (unpaired) electrons. The van der Waals surface area contributed by atoms with Crippen molar-refractivity contribution in [3.8, 4) is 0 Å². The zero-order valence-electron chi connectivity index (χ0n) is 14.1. The van der Waals surface area contributed by atoms with E-state index in [1.54, 1.807) is 0 Å². The third kappa shape index (κ3) is 2.06. The number of allylic oxidation sites excluding steroid dienone is 2. The van der Waals surface area contributed by atoms with Crippen LogP contribution in [-0.4, -0.2) is 19.5 Å². The van der Waals surface area contributed by atoms with E-state index in [-0.39, 0.29) is 0 Å². The molecular weight excluding hydrogens is 272 g/mol. The van der Waals surface area contributed by atoms with Crippen molar-refractivity contribution < 1.29 is 9.53 Å². The molecule has 3 aliphatic carbocycles. The summed E-state index contributed by atoms with van der Waals surface area (Å²) in [5.74, 6) is 3.26. The van der Waals surface area contributed by atoms with Gasteiger partial charge in [0.25, 0.3) is 0 Å². The molecule has 2 saturated carbocycles. The molecule has 6 atom stereocenters. The summed E-state index contributed by atoms with van der Waals surface area (Å²) >= 11 is 0. The van der Waals surface area contributed by atoms with Crippen molar-refractivity contribution in [3.05, 3.63) is 11.6 Å². The van der Waals surface area contributed by atoms with Gasteiger partial charge in [-0.15, -0.1) is 0 Å².